The molecule has 0 aliphatic carbocycles. The number of hydrogen-bond donors (Lipinski definition) is 2. The molecule has 5 heteroatoms. The number of nitrogens with one attached hydrogen (secondary N) is 2. The van der Waals surface area contributed by atoms with E-state index in [1.54, 1.807) is 0 Å². The molecule has 4 rings (SSSR count). The summed E-state index contributed by atoms with van der Waals surface area (Å²) in [6.45, 7) is 2.22. The van der Waals surface area contributed by atoms with Gasteiger partial charge in [0.1, 0.15) is 18.1 Å². The van der Waals surface area contributed by atoms with E-state index in [1.807, 2.05) is 42.5 Å². The highest BCUT2D eigenvalue weighted by molar-refractivity contribution is 5.95. The largest absolute Gasteiger partial charge is 0.492 e. The van der Waals surface area contributed by atoms with Crippen LogP contribution in [0.2, 0.25) is 0 Å². The van der Waals surface area contributed by atoms with Crippen LogP contribution in [0.5, 0.6) is 11.5 Å². The van der Waals surface area contributed by atoms with Gasteiger partial charge in [0.2, 0.25) is 0 Å². The van der Waals surface area contributed by atoms with Crippen LogP contribution in [-0.4, -0.2) is 25.2 Å². The van der Waals surface area contributed by atoms with E-state index in [4.69, 9.17) is 9.47 Å². The zero-order valence-corrected chi connectivity index (χ0v) is 12.7. The molecule has 2 aliphatic heterocycles. The summed E-state index contributed by atoms with van der Waals surface area (Å²) in [6, 6.07) is 13.5. The van der Waals surface area contributed by atoms with Gasteiger partial charge in [0.15, 0.2) is 6.10 Å². The summed E-state index contributed by atoms with van der Waals surface area (Å²) in [5, 5.41) is 6.23. The summed E-state index contributed by atoms with van der Waals surface area (Å²) in [5.41, 5.74) is 2.89. The van der Waals surface area contributed by atoms with E-state index >= 15 is 0 Å². The quantitative estimate of drug-likeness (QED) is 0.892. The van der Waals surface area contributed by atoms with Crippen molar-refractivity contribution in [2.24, 2.45) is 0 Å². The van der Waals surface area contributed by atoms with Gasteiger partial charge in [0.25, 0.3) is 5.91 Å². The normalized spacial score (nSPS) is 18.9. The van der Waals surface area contributed by atoms with Crippen molar-refractivity contribution < 1.29 is 14.3 Å². The number of carbonyl (C=O) groups excluding carboxylic acids is 1. The molecule has 1 amide bonds. The second-order valence-corrected chi connectivity index (χ2v) is 5.76. The number of benzene rings is 2. The first-order valence-electron chi connectivity index (χ1n) is 7.81. The van der Waals surface area contributed by atoms with Crippen molar-refractivity contribution in [2.75, 3.05) is 18.5 Å². The summed E-state index contributed by atoms with van der Waals surface area (Å²) in [5.74, 6) is 1.55. The summed E-state index contributed by atoms with van der Waals surface area (Å²) < 4.78 is 11.4. The predicted octanol–water partition coefficient (Wildman–Crippen LogP) is 2.11. The number of fused-ring (bicyclic) bond motifs is 2. The molecule has 0 aromatic heterocycles. The molecular weight excluding hydrogens is 292 g/mol. The molecule has 1 atom stereocenters. The summed E-state index contributed by atoms with van der Waals surface area (Å²) in [7, 11) is 0. The van der Waals surface area contributed by atoms with Crippen LogP contribution >= 0.6 is 0 Å². The van der Waals surface area contributed by atoms with Crippen molar-refractivity contribution in [3.05, 3.63) is 53.6 Å². The molecule has 118 valence electrons. The Morgan fingerprint density at radius 2 is 2.04 bits per heavy atom. The Morgan fingerprint density at radius 1 is 1.13 bits per heavy atom. The Morgan fingerprint density at radius 3 is 2.96 bits per heavy atom. The van der Waals surface area contributed by atoms with Gasteiger partial charge in [0.05, 0.1) is 0 Å². The van der Waals surface area contributed by atoms with Crippen LogP contribution in [0, 0.1) is 0 Å². The monoisotopic (exact) mass is 310 g/mol. The molecule has 0 saturated carbocycles. The van der Waals surface area contributed by atoms with Crippen LogP contribution in [0.3, 0.4) is 0 Å². The molecular formula is C18H18N2O3. The van der Waals surface area contributed by atoms with Gasteiger partial charge in [0, 0.05) is 30.8 Å². The second kappa shape index (κ2) is 5.93. The molecule has 0 fully saturated rings. The standard InChI is InChI=1S/C18H18N2O3/c21-18(17-10-12-3-1-2-4-16(12)23-17)20-14-5-6-15-13(9-14)11-19-7-8-22-15/h1-6,9,17,19H,7-8,10-11H2,(H,20,21). The molecule has 2 aromatic carbocycles. The predicted molar refractivity (Wildman–Crippen MR) is 86.8 cm³/mol. The lowest BCUT2D eigenvalue weighted by molar-refractivity contribution is -0.122. The fourth-order valence-corrected chi connectivity index (χ4v) is 2.94. The van der Waals surface area contributed by atoms with Crippen LogP contribution in [-0.2, 0) is 17.8 Å². The number of anilines is 1. The van der Waals surface area contributed by atoms with Gasteiger partial charge >= 0.3 is 0 Å². The molecule has 0 radical (unpaired) electrons. The Balaban J connectivity index is 1.46. The maximum Gasteiger partial charge on any atom is 0.265 e. The van der Waals surface area contributed by atoms with Crippen molar-refractivity contribution in [3.63, 3.8) is 0 Å². The van der Waals surface area contributed by atoms with Crippen LogP contribution in [0.4, 0.5) is 5.69 Å². The molecule has 0 saturated heterocycles. The molecule has 5 nitrogen and oxygen atoms in total. The van der Waals surface area contributed by atoms with Crippen LogP contribution < -0.4 is 20.1 Å². The third-order valence-corrected chi connectivity index (χ3v) is 4.12. The zero-order chi connectivity index (χ0) is 15.6. The number of rotatable bonds is 2. The van der Waals surface area contributed by atoms with Gasteiger partial charge in [-0.1, -0.05) is 18.2 Å². The average Bonchev–Trinajstić information content (AvgIpc) is 2.87. The van der Waals surface area contributed by atoms with Crippen molar-refractivity contribution in [1.82, 2.24) is 5.32 Å². The number of carbonyl (C=O) groups is 1. The average molecular weight is 310 g/mol. The number of ether oxygens (including phenoxy) is 2. The van der Waals surface area contributed by atoms with E-state index in [0.29, 0.717) is 13.0 Å². The first-order chi connectivity index (χ1) is 11.3. The molecule has 0 bridgehead atoms. The molecule has 1 unspecified atom stereocenters. The van der Waals surface area contributed by atoms with Crippen molar-refractivity contribution in [2.45, 2.75) is 19.1 Å². The molecule has 2 aromatic rings. The van der Waals surface area contributed by atoms with Gasteiger partial charge in [-0.15, -0.1) is 0 Å². The lowest BCUT2D eigenvalue weighted by atomic mass is 10.1. The highest BCUT2D eigenvalue weighted by atomic mass is 16.5. The van der Waals surface area contributed by atoms with Gasteiger partial charge in [-0.3, -0.25) is 4.79 Å². The smallest absolute Gasteiger partial charge is 0.265 e. The first-order valence-corrected chi connectivity index (χ1v) is 7.81. The number of amides is 1. The first kappa shape index (κ1) is 14.1. The van der Waals surface area contributed by atoms with E-state index in [9.17, 15) is 4.79 Å². The van der Waals surface area contributed by atoms with Gasteiger partial charge < -0.3 is 20.1 Å². The summed E-state index contributed by atoms with van der Waals surface area (Å²) in [4.78, 5) is 12.4. The van der Waals surface area contributed by atoms with E-state index in [1.165, 1.54) is 0 Å². The minimum Gasteiger partial charge on any atom is -0.492 e. The zero-order valence-electron chi connectivity index (χ0n) is 12.7. The SMILES string of the molecule is O=C(Nc1ccc2c(c1)CNCCO2)C1Cc2ccccc2O1. The van der Waals surface area contributed by atoms with Gasteiger partial charge in [-0.25, -0.2) is 0 Å². The van der Waals surface area contributed by atoms with E-state index in [0.717, 1.165) is 41.4 Å². The van der Waals surface area contributed by atoms with E-state index in [2.05, 4.69) is 10.6 Å². The minimum absolute atomic E-state index is 0.122. The Kier molecular flexibility index (Phi) is 3.63. The molecule has 23 heavy (non-hydrogen) atoms. The van der Waals surface area contributed by atoms with Gasteiger partial charge in [-0.05, 0) is 29.8 Å². The Labute approximate surface area is 134 Å². The van der Waals surface area contributed by atoms with Crippen LogP contribution in [0.25, 0.3) is 0 Å². The van der Waals surface area contributed by atoms with E-state index in [-0.39, 0.29) is 5.91 Å². The lowest BCUT2D eigenvalue weighted by Gasteiger charge is -2.13. The molecule has 2 heterocycles. The number of hydrogen-bond acceptors (Lipinski definition) is 4. The highest BCUT2D eigenvalue weighted by Crippen LogP contribution is 2.29. The van der Waals surface area contributed by atoms with E-state index < -0.39 is 6.10 Å². The van der Waals surface area contributed by atoms with Crippen molar-refractivity contribution in [3.8, 4) is 11.5 Å². The third kappa shape index (κ3) is 2.87. The fourth-order valence-electron chi connectivity index (χ4n) is 2.94. The fraction of sp³-hybridized carbons (Fsp3) is 0.278. The van der Waals surface area contributed by atoms with Crippen LogP contribution in [0.15, 0.2) is 42.5 Å². The molecule has 0 spiro atoms. The topological polar surface area (TPSA) is 59.6 Å². The molecule has 2 N–H and O–H groups in total. The molecule has 2 aliphatic rings. The third-order valence-electron chi connectivity index (χ3n) is 4.12. The van der Waals surface area contributed by atoms with Crippen molar-refractivity contribution >= 4 is 11.6 Å². The summed E-state index contributed by atoms with van der Waals surface area (Å²) in [6.07, 6.45) is 0.137. The van der Waals surface area contributed by atoms with Crippen LogP contribution in [0.1, 0.15) is 11.1 Å². The lowest BCUT2D eigenvalue weighted by Crippen LogP contribution is -2.31. The van der Waals surface area contributed by atoms with Crippen molar-refractivity contribution in [1.29, 1.82) is 0 Å². The maximum absolute atomic E-state index is 12.4. The van der Waals surface area contributed by atoms with Gasteiger partial charge in [-0.2, -0.15) is 0 Å². The maximum atomic E-state index is 12.4. The highest BCUT2D eigenvalue weighted by Gasteiger charge is 2.28. The Hall–Kier alpha value is -2.53. The number of para-hydroxylation sites is 1. The summed E-state index contributed by atoms with van der Waals surface area (Å²) >= 11 is 0. The minimum atomic E-state index is -0.472. The Bertz CT molecular complexity index is 720. The second-order valence-electron chi connectivity index (χ2n) is 5.76.